The molecular formula is C17H21ClN2O3. The fraction of sp³-hybridized carbons (Fsp3) is 0.529. The lowest BCUT2D eigenvalue weighted by Crippen LogP contribution is -2.34. The third kappa shape index (κ3) is 3.51. The van der Waals surface area contributed by atoms with Gasteiger partial charge in [-0.2, -0.15) is 0 Å². The molecule has 1 aliphatic heterocycles. The Morgan fingerprint density at radius 3 is 2.83 bits per heavy atom. The molecule has 2 amide bonds. The molecule has 124 valence electrons. The van der Waals surface area contributed by atoms with E-state index in [9.17, 15) is 14.7 Å². The molecule has 0 spiro atoms. The van der Waals surface area contributed by atoms with Gasteiger partial charge in [0.1, 0.15) is 0 Å². The second kappa shape index (κ2) is 6.89. The number of halogens is 1. The van der Waals surface area contributed by atoms with Crippen molar-refractivity contribution in [1.29, 1.82) is 0 Å². The maximum atomic E-state index is 12.5. The third-order valence-electron chi connectivity index (χ3n) is 4.71. The van der Waals surface area contributed by atoms with Gasteiger partial charge < -0.3 is 15.3 Å². The van der Waals surface area contributed by atoms with Gasteiger partial charge in [0.15, 0.2) is 0 Å². The van der Waals surface area contributed by atoms with E-state index in [-0.39, 0.29) is 23.8 Å². The zero-order chi connectivity index (χ0) is 16.4. The van der Waals surface area contributed by atoms with Crippen LogP contribution in [0, 0.1) is 5.92 Å². The van der Waals surface area contributed by atoms with Gasteiger partial charge in [0.2, 0.25) is 5.91 Å². The van der Waals surface area contributed by atoms with Gasteiger partial charge in [-0.05, 0) is 37.5 Å². The summed E-state index contributed by atoms with van der Waals surface area (Å²) in [5.74, 6) is -0.0916. The highest BCUT2D eigenvalue weighted by molar-refractivity contribution is 6.31. The van der Waals surface area contributed by atoms with Crippen molar-refractivity contribution >= 4 is 29.1 Å². The van der Waals surface area contributed by atoms with Crippen molar-refractivity contribution in [1.82, 2.24) is 5.32 Å². The first-order valence-corrected chi connectivity index (χ1v) is 8.50. The molecule has 2 fully saturated rings. The average molecular weight is 337 g/mol. The van der Waals surface area contributed by atoms with E-state index >= 15 is 0 Å². The monoisotopic (exact) mass is 336 g/mol. The van der Waals surface area contributed by atoms with Crippen molar-refractivity contribution in [2.24, 2.45) is 5.92 Å². The van der Waals surface area contributed by atoms with Gasteiger partial charge in [0, 0.05) is 30.5 Å². The first-order chi connectivity index (χ1) is 11.1. The standard InChI is InChI=1S/C17H21ClN2O3/c18-12-6-7-13(14(9-12)20-8-2-5-16(20)22)17(23)19-10-11-3-1-4-15(11)21/h6-7,9,11,15,21H,1-5,8,10H2,(H,19,23). The van der Waals surface area contributed by atoms with Gasteiger partial charge in [-0.3, -0.25) is 9.59 Å². The smallest absolute Gasteiger partial charge is 0.253 e. The van der Waals surface area contributed by atoms with Gasteiger partial charge in [-0.15, -0.1) is 0 Å². The topological polar surface area (TPSA) is 69.6 Å². The highest BCUT2D eigenvalue weighted by atomic mass is 35.5. The van der Waals surface area contributed by atoms with Crippen molar-refractivity contribution in [3.05, 3.63) is 28.8 Å². The number of hydrogen-bond donors (Lipinski definition) is 2. The summed E-state index contributed by atoms with van der Waals surface area (Å²) < 4.78 is 0. The highest BCUT2D eigenvalue weighted by Gasteiger charge is 2.28. The van der Waals surface area contributed by atoms with Crippen LogP contribution in [-0.4, -0.2) is 36.1 Å². The molecule has 0 aromatic heterocycles. The molecule has 1 aromatic carbocycles. The molecule has 0 bridgehead atoms. The number of carbonyl (C=O) groups is 2. The van der Waals surface area contributed by atoms with Gasteiger partial charge in [-0.25, -0.2) is 0 Å². The van der Waals surface area contributed by atoms with E-state index in [0.717, 1.165) is 25.7 Å². The number of nitrogens with zero attached hydrogens (tertiary/aromatic N) is 1. The molecule has 1 aromatic rings. The maximum absolute atomic E-state index is 12.5. The second-order valence-electron chi connectivity index (χ2n) is 6.28. The molecule has 23 heavy (non-hydrogen) atoms. The summed E-state index contributed by atoms with van der Waals surface area (Å²) in [5.41, 5.74) is 1.03. The Morgan fingerprint density at radius 2 is 2.17 bits per heavy atom. The Labute approximate surface area is 140 Å². The zero-order valence-electron chi connectivity index (χ0n) is 12.9. The molecule has 1 saturated carbocycles. The van der Waals surface area contributed by atoms with Gasteiger partial charge in [0.05, 0.1) is 17.4 Å². The predicted molar refractivity (Wildman–Crippen MR) is 88.7 cm³/mol. The first-order valence-electron chi connectivity index (χ1n) is 8.12. The Hall–Kier alpha value is -1.59. The van der Waals surface area contributed by atoms with Crippen LogP contribution in [0.1, 0.15) is 42.5 Å². The first kappa shape index (κ1) is 16.3. The quantitative estimate of drug-likeness (QED) is 0.886. The van der Waals surface area contributed by atoms with Crippen molar-refractivity contribution in [3.63, 3.8) is 0 Å². The van der Waals surface area contributed by atoms with Gasteiger partial charge in [0.25, 0.3) is 5.91 Å². The molecule has 3 rings (SSSR count). The molecule has 1 saturated heterocycles. The lowest BCUT2D eigenvalue weighted by molar-refractivity contribution is -0.117. The summed E-state index contributed by atoms with van der Waals surface area (Å²) in [6.07, 6.45) is 3.69. The fourth-order valence-corrected chi connectivity index (χ4v) is 3.56. The van der Waals surface area contributed by atoms with Crippen LogP contribution in [-0.2, 0) is 4.79 Å². The number of benzene rings is 1. The Kier molecular flexibility index (Phi) is 4.87. The van der Waals surface area contributed by atoms with Crippen molar-refractivity contribution in [2.75, 3.05) is 18.0 Å². The number of hydrogen-bond acceptors (Lipinski definition) is 3. The Bertz CT molecular complexity index is 620. The Morgan fingerprint density at radius 1 is 1.35 bits per heavy atom. The number of amides is 2. The molecule has 2 unspecified atom stereocenters. The number of aliphatic hydroxyl groups excluding tert-OH is 1. The molecule has 2 N–H and O–H groups in total. The number of anilines is 1. The van der Waals surface area contributed by atoms with Crippen LogP contribution in [0.3, 0.4) is 0 Å². The molecule has 1 heterocycles. The summed E-state index contributed by atoms with van der Waals surface area (Å²) in [7, 11) is 0. The summed E-state index contributed by atoms with van der Waals surface area (Å²) in [4.78, 5) is 26.1. The summed E-state index contributed by atoms with van der Waals surface area (Å²) in [6.45, 7) is 1.07. The highest BCUT2D eigenvalue weighted by Crippen LogP contribution is 2.29. The van der Waals surface area contributed by atoms with Crippen LogP contribution in [0.5, 0.6) is 0 Å². The molecule has 1 aliphatic carbocycles. The number of aliphatic hydroxyl groups is 1. The van der Waals surface area contributed by atoms with E-state index < -0.39 is 0 Å². The van der Waals surface area contributed by atoms with E-state index in [1.165, 1.54) is 0 Å². The van der Waals surface area contributed by atoms with Crippen LogP contribution >= 0.6 is 11.6 Å². The van der Waals surface area contributed by atoms with Crippen LogP contribution in [0.4, 0.5) is 5.69 Å². The minimum absolute atomic E-state index is 0.0209. The molecular weight excluding hydrogens is 316 g/mol. The Balaban J connectivity index is 1.75. The SMILES string of the molecule is O=C(NCC1CCCC1O)c1ccc(Cl)cc1N1CCCC1=O. The second-order valence-corrected chi connectivity index (χ2v) is 6.72. The van der Waals surface area contributed by atoms with E-state index in [1.807, 2.05) is 0 Å². The fourth-order valence-electron chi connectivity index (χ4n) is 3.40. The zero-order valence-corrected chi connectivity index (χ0v) is 13.7. The van der Waals surface area contributed by atoms with E-state index in [4.69, 9.17) is 11.6 Å². The van der Waals surface area contributed by atoms with Crippen LogP contribution in [0.15, 0.2) is 18.2 Å². The maximum Gasteiger partial charge on any atom is 0.253 e. The largest absolute Gasteiger partial charge is 0.393 e. The van der Waals surface area contributed by atoms with Crippen molar-refractivity contribution < 1.29 is 14.7 Å². The molecule has 2 aliphatic rings. The lowest BCUT2D eigenvalue weighted by Gasteiger charge is -2.21. The van der Waals surface area contributed by atoms with Crippen LogP contribution in [0.2, 0.25) is 5.02 Å². The normalized spacial score (nSPS) is 24.3. The molecule has 2 atom stereocenters. The summed E-state index contributed by atoms with van der Waals surface area (Å²) in [5, 5.41) is 13.2. The summed E-state index contributed by atoms with van der Waals surface area (Å²) >= 11 is 6.04. The predicted octanol–water partition coefficient (Wildman–Crippen LogP) is 2.36. The number of carbonyl (C=O) groups excluding carboxylic acids is 2. The molecule has 6 heteroatoms. The lowest BCUT2D eigenvalue weighted by atomic mass is 10.1. The average Bonchev–Trinajstić information content (AvgIpc) is 3.13. The van der Waals surface area contributed by atoms with Crippen LogP contribution < -0.4 is 10.2 Å². The summed E-state index contributed by atoms with van der Waals surface area (Å²) in [6, 6.07) is 4.98. The minimum Gasteiger partial charge on any atom is -0.393 e. The van der Waals surface area contributed by atoms with Crippen LogP contribution in [0.25, 0.3) is 0 Å². The van der Waals surface area contributed by atoms with E-state index in [0.29, 0.717) is 35.8 Å². The van der Waals surface area contributed by atoms with Gasteiger partial charge in [-0.1, -0.05) is 18.0 Å². The van der Waals surface area contributed by atoms with Gasteiger partial charge >= 0.3 is 0 Å². The van der Waals surface area contributed by atoms with Crippen molar-refractivity contribution in [2.45, 2.75) is 38.2 Å². The van der Waals surface area contributed by atoms with E-state index in [1.54, 1.807) is 23.1 Å². The number of nitrogens with one attached hydrogen (secondary N) is 1. The van der Waals surface area contributed by atoms with Crippen molar-refractivity contribution in [3.8, 4) is 0 Å². The molecule has 0 radical (unpaired) electrons. The molecule has 5 nitrogen and oxygen atoms in total. The van der Waals surface area contributed by atoms with E-state index in [2.05, 4.69) is 5.32 Å². The number of rotatable bonds is 4. The minimum atomic E-state index is -0.333. The third-order valence-corrected chi connectivity index (χ3v) is 4.95.